The number of methoxy groups -OCH3 is 1. The van der Waals surface area contributed by atoms with E-state index in [0.29, 0.717) is 18.8 Å². The van der Waals surface area contributed by atoms with Crippen LogP contribution in [0.5, 0.6) is 0 Å². The lowest BCUT2D eigenvalue weighted by Crippen LogP contribution is -2.28. The van der Waals surface area contributed by atoms with Gasteiger partial charge in [0, 0.05) is 26.6 Å². The van der Waals surface area contributed by atoms with Gasteiger partial charge in [-0.1, -0.05) is 0 Å². The summed E-state index contributed by atoms with van der Waals surface area (Å²) in [5.74, 6) is -0.176. The van der Waals surface area contributed by atoms with Gasteiger partial charge in [0.15, 0.2) is 0 Å². The molecule has 0 aliphatic rings. The highest BCUT2D eigenvalue weighted by atomic mass is 19.4. The van der Waals surface area contributed by atoms with Crippen LogP contribution in [0, 0.1) is 0 Å². The number of rotatable bonds is 7. The molecule has 5 nitrogen and oxygen atoms in total. The van der Waals surface area contributed by atoms with Gasteiger partial charge in [-0.25, -0.2) is 0 Å². The molecule has 1 rings (SSSR count). The highest BCUT2D eigenvalue weighted by Gasteiger charge is 2.30. The molecule has 0 aromatic heterocycles. The van der Waals surface area contributed by atoms with Crippen molar-refractivity contribution in [3.05, 3.63) is 23.8 Å². The minimum Gasteiger partial charge on any atom is -0.397 e. The Morgan fingerprint density at radius 2 is 2.05 bits per heavy atom. The summed E-state index contributed by atoms with van der Waals surface area (Å²) in [6, 6.07) is 3.05. The van der Waals surface area contributed by atoms with Crippen LogP contribution in [0.1, 0.15) is 12.0 Å². The number of anilines is 2. The van der Waals surface area contributed by atoms with Crippen molar-refractivity contribution in [2.75, 3.05) is 37.9 Å². The van der Waals surface area contributed by atoms with E-state index in [2.05, 4.69) is 10.6 Å². The van der Waals surface area contributed by atoms with Crippen molar-refractivity contribution in [2.45, 2.75) is 12.6 Å². The highest BCUT2D eigenvalue weighted by Crippen LogP contribution is 2.32. The van der Waals surface area contributed by atoms with E-state index in [4.69, 9.17) is 10.5 Å². The van der Waals surface area contributed by atoms with E-state index in [-0.39, 0.29) is 24.6 Å². The minimum absolute atomic E-state index is 0.00961. The van der Waals surface area contributed by atoms with Crippen molar-refractivity contribution in [3.63, 3.8) is 0 Å². The topological polar surface area (TPSA) is 76.4 Å². The first kappa shape index (κ1) is 17.1. The third kappa shape index (κ3) is 5.90. The third-order valence-corrected chi connectivity index (χ3v) is 2.67. The molecule has 118 valence electrons. The van der Waals surface area contributed by atoms with Crippen LogP contribution < -0.4 is 16.4 Å². The van der Waals surface area contributed by atoms with Gasteiger partial charge in [0.2, 0.25) is 5.91 Å². The standard InChI is InChI=1S/C13H18F3N3O2/c1-21-7-6-19-12(20)4-5-18-11-3-2-9(8-10(11)17)13(14,15)16/h2-3,8,18H,4-7,17H2,1H3,(H,19,20). The maximum absolute atomic E-state index is 12.5. The van der Waals surface area contributed by atoms with Gasteiger partial charge < -0.3 is 21.1 Å². The Labute approximate surface area is 120 Å². The molecule has 0 bridgehead atoms. The Morgan fingerprint density at radius 3 is 2.62 bits per heavy atom. The third-order valence-electron chi connectivity index (χ3n) is 2.67. The van der Waals surface area contributed by atoms with E-state index in [1.165, 1.54) is 13.2 Å². The average Bonchev–Trinajstić information content (AvgIpc) is 2.39. The molecular weight excluding hydrogens is 287 g/mol. The van der Waals surface area contributed by atoms with Crippen LogP contribution in [0.3, 0.4) is 0 Å². The molecule has 0 saturated carbocycles. The number of hydrogen-bond donors (Lipinski definition) is 3. The van der Waals surface area contributed by atoms with Crippen LogP contribution in [0.4, 0.5) is 24.5 Å². The van der Waals surface area contributed by atoms with Crippen molar-refractivity contribution >= 4 is 17.3 Å². The fourth-order valence-electron chi connectivity index (χ4n) is 1.59. The molecule has 0 fully saturated rings. The number of halogens is 3. The maximum Gasteiger partial charge on any atom is 0.416 e. The SMILES string of the molecule is COCCNC(=O)CCNc1ccc(C(F)(F)F)cc1N. The fourth-order valence-corrected chi connectivity index (χ4v) is 1.59. The zero-order valence-electron chi connectivity index (χ0n) is 11.6. The largest absolute Gasteiger partial charge is 0.416 e. The number of nitrogen functional groups attached to an aromatic ring is 1. The molecule has 21 heavy (non-hydrogen) atoms. The van der Waals surface area contributed by atoms with Gasteiger partial charge in [0.05, 0.1) is 23.5 Å². The molecule has 0 spiro atoms. The van der Waals surface area contributed by atoms with Crippen LogP contribution >= 0.6 is 0 Å². The summed E-state index contributed by atoms with van der Waals surface area (Å²) in [6.45, 7) is 1.11. The van der Waals surface area contributed by atoms with Gasteiger partial charge in [-0.3, -0.25) is 4.79 Å². The lowest BCUT2D eigenvalue weighted by molar-refractivity contribution is -0.137. The maximum atomic E-state index is 12.5. The number of ether oxygens (including phenoxy) is 1. The predicted molar refractivity (Wildman–Crippen MR) is 73.8 cm³/mol. The average molecular weight is 305 g/mol. The van der Waals surface area contributed by atoms with Gasteiger partial charge in [-0.05, 0) is 18.2 Å². The molecule has 1 amide bonds. The first-order valence-corrected chi connectivity index (χ1v) is 6.31. The van der Waals surface area contributed by atoms with Gasteiger partial charge in [-0.15, -0.1) is 0 Å². The van der Waals surface area contributed by atoms with E-state index >= 15 is 0 Å². The van der Waals surface area contributed by atoms with Crippen molar-refractivity contribution < 1.29 is 22.7 Å². The Balaban J connectivity index is 2.44. The summed E-state index contributed by atoms with van der Waals surface area (Å²) >= 11 is 0. The van der Waals surface area contributed by atoms with Crippen LogP contribution in [-0.4, -0.2) is 32.7 Å². The van der Waals surface area contributed by atoms with E-state index in [9.17, 15) is 18.0 Å². The lowest BCUT2D eigenvalue weighted by atomic mass is 10.1. The molecule has 1 aromatic rings. The van der Waals surface area contributed by atoms with Crippen LogP contribution in [0.15, 0.2) is 18.2 Å². The van der Waals surface area contributed by atoms with E-state index in [1.807, 2.05) is 0 Å². The van der Waals surface area contributed by atoms with E-state index in [1.54, 1.807) is 0 Å². The van der Waals surface area contributed by atoms with E-state index < -0.39 is 11.7 Å². The second kappa shape index (κ2) is 7.72. The lowest BCUT2D eigenvalue weighted by Gasteiger charge is -2.12. The highest BCUT2D eigenvalue weighted by molar-refractivity contribution is 5.77. The minimum atomic E-state index is -4.42. The molecule has 4 N–H and O–H groups in total. The Hall–Kier alpha value is -1.96. The second-order valence-electron chi connectivity index (χ2n) is 4.32. The summed E-state index contributed by atoms with van der Waals surface area (Å²) in [5.41, 5.74) is 5.11. The van der Waals surface area contributed by atoms with Crippen molar-refractivity contribution in [2.24, 2.45) is 0 Å². The fraction of sp³-hybridized carbons (Fsp3) is 0.462. The van der Waals surface area contributed by atoms with Crippen LogP contribution in [0.2, 0.25) is 0 Å². The predicted octanol–water partition coefficient (Wildman–Crippen LogP) is 1.85. The summed E-state index contributed by atoms with van der Waals surface area (Å²) in [6.07, 6.45) is -4.24. The summed E-state index contributed by atoms with van der Waals surface area (Å²) in [4.78, 5) is 11.4. The summed E-state index contributed by atoms with van der Waals surface area (Å²) in [5, 5.41) is 5.46. The van der Waals surface area contributed by atoms with E-state index in [0.717, 1.165) is 12.1 Å². The number of benzene rings is 1. The number of carbonyl (C=O) groups excluding carboxylic acids is 1. The first-order chi connectivity index (χ1) is 9.84. The molecule has 0 unspecified atom stereocenters. The monoisotopic (exact) mass is 305 g/mol. The second-order valence-corrected chi connectivity index (χ2v) is 4.32. The smallest absolute Gasteiger partial charge is 0.397 e. The zero-order valence-corrected chi connectivity index (χ0v) is 11.6. The molecule has 0 heterocycles. The number of nitrogens with two attached hydrogens (primary N) is 1. The van der Waals surface area contributed by atoms with Gasteiger partial charge in [-0.2, -0.15) is 13.2 Å². The number of hydrogen-bond acceptors (Lipinski definition) is 4. The van der Waals surface area contributed by atoms with Gasteiger partial charge >= 0.3 is 6.18 Å². The molecule has 0 aliphatic carbocycles. The number of amides is 1. The summed E-state index contributed by atoms with van der Waals surface area (Å²) < 4.78 is 42.2. The molecule has 8 heteroatoms. The van der Waals surface area contributed by atoms with Gasteiger partial charge in [0.25, 0.3) is 0 Å². The molecule has 0 saturated heterocycles. The Morgan fingerprint density at radius 1 is 1.33 bits per heavy atom. The van der Waals surface area contributed by atoms with Crippen LogP contribution in [-0.2, 0) is 15.7 Å². The quantitative estimate of drug-likeness (QED) is 0.531. The molecule has 0 radical (unpaired) electrons. The van der Waals surface area contributed by atoms with Crippen molar-refractivity contribution in [3.8, 4) is 0 Å². The number of nitrogens with one attached hydrogen (secondary N) is 2. The van der Waals surface area contributed by atoms with Gasteiger partial charge in [0.1, 0.15) is 0 Å². The molecular formula is C13H18F3N3O2. The molecule has 0 aliphatic heterocycles. The Kier molecular flexibility index (Phi) is 6.29. The van der Waals surface area contributed by atoms with Crippen molar-refractivity contribution in [1.29, 1.82) is 0 Å². The summed E-state index contributed by atoms with van der Waals surface area (Å²) in [7, 11) is 1.53. The molecule has 1 aromatic carbocycles. The van der Waals surface area contributed by atoms with Crippen molar-refractivity contribution in [1.82, 2.24) is 5.32 Å². The Bertz CT molecular complexity index is 478. The number of carbonyl (C=O) groups is 1. The zero-order chi connectivity index (χ0) is 15.9. The number of alkyl halides is 3. The van der Waals surface area contributed by atoms with Crippen LogP contribution in [0.25, 0.3) is 0 Å². The molecule has 0 atom stereocenters. The first-order valence-electron chi connectivity index (χ1n) is 6.31. The normalized spacial score (nSPS) is 11.2.